The molecule has 0 atom stereocenters. The van der Waals surface area contributed by atoms with Crippen molar-refractivity contribution in [3.8, 4) is 0 Å². The second-order valence-corrected chi connectivity index (χ2v) is 6.73. The Bertz CT molecular complexity index is 539. The number of hydrogen-bond donors (Lipinski definition) is 1. The number of nitrogens with one attached hydrogen (secondary N) is 1. The second kappa shape index (κ2) is 8.86. The molecule has 1 aliphatic rings. The highest BCUT2D eigenvalue weighted by molar-refractivity contribution is 7.99. The predicted octanol–water partition coefficient (Wildman–Crippen LogP) is 2.18. The molecule has 1 heterocycles. The van der Waals surface area contributed by atoms with E-state index >= 15 is 0 Å². The molecule has 6 nitrogen and oxygen atoms in total. The summed E-state index contributed by atoms with van der Waals surface area (Å²) in [6.45, 7) is 3.54. The van der Waals surface area contributed by atoms with E-state index in [0.717, 1.165) is 37.1 Å². The first-order valence-electron chi connectivity index (χ1n) is 7.93. The largest absolute Gasteiger partial charge is 0.455 e. The molecule has 0 radical (unpaired) electrons. The van der Waals surface area contributed by atoms with Gasteiger partial charge in [-0.1, -0.05) is 31.0 Å². The van der Waals surface area contributed by atoms with Crippen LogP contribution in [0.4, 0.5) is 0 Å². The summed E-state index contributed by atoms with van der Waals surface area (Å²) in [4.78, 5) is 32.0. The van der Waals surface area contributed by atoms with Crippen molar-refractivity contribution in [3.05, 3.63) is 17.5 Å². The maximum Gasteiger partial charge on any atom is 0.316 e. The van der Waals surface area contributed by atoms with Gasteiger partial charge in [0.25, 0.3) is 5.91 Å². The highest BCUT2D eigenvalue weighted by Gasteiger charge is 2.16. The van der Waals surface area contributed by atoms with Crippen molar-refractivity contribution >= 4 is 23.6 Å². The number of carbonyl (C=O) groups is 2. The summed E-state index contributed by atoms with van der Waals surface area (Å²) in [5.74, 6) is -0.561. The van der Waals surface area contributed by atoms with E-state index in [0.29, 0.717) is 5.16 Å². The first-order chi connectivity index (χ1) is 11.0. The molecule has 0 aromatic carbocycles. The first-order valence-corrected chi connectivity index (χ1v) is 8.91. The Balaban J connectivity index is 1.67. The van der Waals surface area contributed by atoms with E-state index in [1.807, 2.05) is 19.9 Å². The Morgan fingerprint density at radius 1 is 1.22 bits per heavy atom. The lowest BCUT2D eigenvalue weighted by Gasteiger charge is -2.22. The molecule has 0 aliphatic heterocycles. The minimum absolute atomic E-state index is 0.0968. The smallest absolute Gasteiger partial charge is 0.316 e. The zero-order chi connectivity index (χ0) is 16.7. The van der Waals surface area contributed by atoms with Crippen molar-refractivity contribution in [2.24, 2.45) is 0 Å². The highest BCUT2D eigenvalue weighted by Crippen LogP contribution is 2.17. The van der Waals surface area contributed by atoms with E-state index in [2.05, 4.69) is 15.3 Å². The van der Waals surface area contributed by atoms with Crippen LogP contribution in [0.25, 0.3) is 0 Å². The van der Waals surface area contributed by atoms with Gasteiger partial charge in [0.2, 0.25) is 0 Å². The van der Waals surface area contributed by atoms with Gasteiger partial charge in [0.15, 0.2) is 11.8 Å². The lowest BCUT2D eigenvalue weighted by Crippen LogP contribution is -2.38. The quantitative estimate of drug-likeness (QED) is 0.487. The molecular formula is C16H23N3O3S. The summed E-state index contributed by atoms with van der Waals surface area (Å²) < 4.78 is 5.00. The van der Waals surface area contributed by atoms with Crippen LogP contribution in [-0.2, 0) is 14.3 Å². The Hall–Kier alpha value is -1.63. The number of aryl methyl sites for hydroxylation is 2. The standard InChI is InChI=1S/C16H23N3O3S/c1-11-8-12(2)18-16(17-11)23-10-15(21)22-9-14(20)19-13-6-4-3-5-7-13/h8,13H,3-7,9-10H2,1-2H3,(H,19,20). The summed E-state index contributed by atoms with van der Waals surface area (Å²) in [5, 5.41) is 3.46. The van der Waals surface area contributed by atoms with Crippen LogP contribution >= 0.6 is 11.8 Å². The summed E-state index contributed by atoms with van der Waals surface area (Å²) in [6, 6.07) is 2.10. The number of hydrogen-bond acceptors (Lipinski definition) is 6. The van der Waals surface area contributed by atoms with Gasteiger partial charge >= 0.3 is 5.97 Å². The van der Waals surface area contributed by atoms with Crippen molar-refractivity contribution in [1.29, 1.82) is 0 Å². The van der Waals surface area contributed by atoms with Gasteiger partial charge in [-0.3, -0.25) is 9.59 Å². The Morgan fingerprint density at radius 3 is 2.52 bits per heavy atom. The van der Waals surface area contributed by atoms with Crippen LogP contribution in [0.3, 0.4) is 0 Å². The average molecular weight is 337 g/mol. The normalized spacial score (nSPS) is 15.2. The Kier molecular flexibility index (Phi) is 6.83. The molecule has 1 amide bonds. The van der Waals surface area contributed by atoms with E-state index in [-0.39, 0.29) is 24.3 Å². The molecule has 1 aliphatic carbocycles. The molecule has 0 saturated heterocycles. The van der Waals surface area contributed by atoms with Crippen molar-refractivity contribution in [3.63, 3.8) is 0 Å². The molecule has 1 aromatic rings. The molecule has 1 fully saturated rings. The predicted molar refractivity (Wildman–Crippen MR) is 88.2 cm³/mol. The fourth-order valence-corrected chi connectivity index (χ4v) is 3.33. The zero-order valence-electron chi connectivity index (χ0n) is 13.6. The maximum atomic E-state index is 11.8. The zero-order valence-corrected chi connectivity index (χ0v) is 14.4. The van der Waals surface area contributed by atoms with Gasteiger partial charge in [-0.2, -0.15) is 0 Å². The number of ether oxygens (including phenoxy) is 1. The van der Waals surface area contributed by atoms with E-state index in [1.165, 1.54) is 18.2 Å². The molecule has 0 spiro atoms. The molecule has 7 heteroatoms. The van der Waals surface area contributed by atoms with Gasteiger partial charge in [-0.25, -0.2) is 9.97 Å². The van der Waals surface area contributed by atoms with Gasteiger partial charge < -0.3 is 10.1 Å². The minimum Gasteiger partial charge on any atom is -0.455 e. The van der Waals surface area contributed by atoms with Crippen LogP contribution < -0.4 is 5.32 Å². The third-order valence-corrected chi connectivity index (χ3v) is 4.44. The van der Waals surface area contributed by atoms with Crippen LogP contribution in [0.2, 0.25) is 0 Å². The average Bonchev–Trinajstić information content (AvgIpc) is 2.51. The number of thioether (sulfide) groups is 1. The third-order valence-electron chi connectivity index (χ3n) is 3.62. The molecule has 23 heavy (non-hydrogen) atoms. The monoisotopic (exact) mass is 337 g/mol. The first kappa shape index (κ1) is 17.7. The molecule has 1 saturated carbocycles. The molecule has 0 unspecified atom stereocenters. The van der Waals surface area contributed by atoms with E-state index < -0.39 is 5.97 Å². The molecule has 2 rings (SSSR count). The fourth-order valence-electron chi connectivity index (χ4n) is 2.59. The molecule has 1 aromatic heterocycles. The number of aromatic nitrogens is 2. The van der Waals surface area contributed by atoms with Crippen LogP contribution in [0.15, 0.2) is 11.2 Å². The van der Waals surface area contributed by atoms with Gasteiger partial charge in [-0.15, -0.1) is 0 Å². The van der Waals surface area contributed by atoms with Crippen LogP contribution in [-0.4, -0.2) is 40.2 Å². The van der Waals surface area contributed by atoms with Crippen molar-refractivity contribution in [1.82, 2.24) is 15.3 Å². The van der Waals surface area contributed by atoms with Gasteiger partial charge in [0.05, 0.1) is 5.75 Å². The lowest BCUT2D eigenvalue weighted by atomic mass is 9.95. The van der Waals surface area contributed by atoms with E-state index in [9.17, 15) is 9.59 Å². The highest BCUT2D eigenvalue weighted by atomic mass is 32.2. The van der Waals surface area contributed by atoms with Crippen LogP contribution in [0, 0.1) is 13.8 Å². The van der Waals surface area contributed by atoms with Crippen molar-refractivity contribution in [2.75, 3.05) is 12.4 Å². The molecule has 126 valence electrons. The summed E-state index contributed by atoms with van der Waals surface area (Å²) in [5.41, 5.74) is 1.72. The number of nitrogens with zero attached hydrogens (tertiary/aromatic N) is 2. The maximum absolute atomic E-state index is 11.8. The van der Waals surface area contributed by atoms with Crippen molar-refractivity contribution < 1.29 is 14.3 Å². The van der Waals surface area contributed by atoms with Crippen molar-refractivity contribution in [2.45, 2.75) is 57.1 Å². The Morgan fingerprint density at radius 2 is 1.87 bits per heavy atom. The fraction of sp³-hybridized carbons (Fsp3) is 0.625. The van der Waals surface area contributed by atoms with Gasteiger partial charge in [-0.05, 0) is 32.8 Å². The number of carbonyl (C=O) groups excluding carboxylic acids is 2. The summed E-state index contributed by atoms with van der Waals surface area (Å²) >= 11 is 1.22. The molecule has 1 N–H and O–H groups in total. The van der Waals surface area contributed by atoms with Crippen LogP contribution in [0.1, 0.15) is 43.5 Å². The van der Waals surface area contributed by atoms with Gasteiger partial charge in [0.1, 0.15) is 0 Å². The number of rotatable bonds is 6. The van der Waals surface area contributed by atoms with Gasteiger partial charge in [0, 0.05) is 17.4 Å². The number of amides is 1. The van der Waals surface area contributed by atoms with E-state index in [4.69, 9.17) is 4.74 Å². The third kappa shape index (κ3) is 6.56. The molecule has 0 bridgehead atoms. The SMILES string of the molecule is Cc1cc(C)nc(SCC(=O)OCC(=O)NC2CCCCC2)n1. The molecular weight excluding hydrogens is 314 g/mol. The van der Waals surface area contributed by atoms with E-state index in [1.54, 1.807) is 0 Å². The minimum atomic E-state index is -0.434. The second-order valence-electron chi connectivity index (χ2n) is 5.79. The topological polar surface area (TPSA) is 81.2 Å². The van der Waals surface area contributed by atoms with Crippen LogP contribution in [0.5, 0.6) is 0 Å². The Labute approximate surface area is 140 Å². The summed E-state index contributed by atoms with van der Waals surface area (Å²) in [7, 11) is 0. The summed E-state index contributed by atoms with van der Waals surface area (Å²) in [6.07, 6.45) is 5.56. The number of esters is 1. The lowest BCUT2D eigenvalue weighted by molar-refractivity contribution is -0.146.